The lowest BCUT2D eigenvalue weighted by atomic mass is 10.1. The van der Waals surface area contributed by atoms with Crippen molar-refractivity contribution in [3.63, 3.8) is 0 Å². The Balaban J connectivity index is 2.25. The molecular weight excluding hydrogens is 214 g/mol. The van der Waals surface area contributed by atoms with Crippen LogP contribution in [0.2, 0.25) is 0 Å². The maximum atomic E-state index is 9.60. The summed E-state index contributed by atoms with van der Waals surface area (Å²) in [7, 11) is 0. The second kappa shape index (κ2) is 4.34. The standard InChI is InChI=1S/C14H17NO2/c1-10-4-5-11-6-7-12(8-13(11)15-10)17-9-14(2,3)16/h4-8,16H,9H2,1-3H3. The van der Waals surface area contributed by atoms with Crippen LogP contribution in [0.4, 0.5) is 0 Å². The van der Waals surface area contributed by atoms with E-state index in [1.807, 2.05) is 37.3 Å². The van der Waals surface area contributed by atoms with Crippen LogP contribution in [-0.4, -0.2) is 22.3 Å². The molecule has 1 N–H and O–H groups in total. The smallest absolute Gasteiger partial charge is 0.121 e. The molecule has 0 aliphatic rings. The van der Waals surface area contributed by atoms with Gasteiger partial charge in [0.2, 0.25) is 0 Å². The van der Waals surface area contributed by atoms with Gasteiger partial charge < -0.3 is 9.84 Å². The van der Waals surface area contributed by atoms with Crippen molar-refractivity contribution in [1.82, 2.24) is 4.98 Å². The minimum absolute atomic E-state index is 0.268. The van der Waals surface area contributed by atoms with Crippen LogP contribution in [0, 0.1) is 6.92 Å². The second-order valence-electron chi connectivity index (χ2n) is 4.91. The number of fused-ring (bicyclic) bond motifs is 1. The van der Waals surface area contributed by atoms with Crippen molar-refractivity contribution in [3.05, 3.63) is 36.0 Å². The molecule has 90 valence electrons. The number of nitrogens with zero attached hydrogens (tertiary/aromatic N) is 1. The van der Waals surface area contributed by atoms with Gasteiger partial charge in [0.15, 0.2) is 0 Å². The third kappa shape index (κ3) is 3.17. The Kier molecular flexibility index (Phi) is 3.03. The van der Waals surface area contributed by atoms with Gasteiger partial charge in [-0.3, -0.25) is 4.98 Å². The molecule has 1 heterocycles. The Labute approximate surface area is 101 Å². The number of hydrogen-bond donors (Lipinski definition) is 1. The molecule has 0 aliphatic heterocycles. The van der Waals surface area contributed by atoms with Crippen molar-refractivity contribution in [2.45, 2.75) is 26.4 Å². The van der Waals surface area contributed by atoms with Gasteiger partial charge in [-0.2, -0.15) is 0 Å². The average Bonchev–Trinajstić information content (AvgIpc) is 2.24. The highest BCUT2D eigenvalue weighted by Crippen LogP contribution is 2.20. The minimum atomic E-state index is -0.824. The van der Waals surface area contributed by atoms with Crippen molar-refractivity contribution in [1.29, 1.82) is 0 Å². The van der Waals surface area contributed by atoms with Crippen molar-refractivity contribution in [2.75, 3.05) is 6.61 Å². The van der Waals surface area contributed by atoms with Crippen LogP contribution >= 0.6 is 0 Å². The molecule has 0 saturated carbocycles. The number of hydrogen-bond acceptors (Lipinski definition) is 3. The fraction of sp³-hybridized carbons (Fsp3) is 0.357. The third-order valence-corrected chi connectivity index (χ3v) is 2.39. The van der Waals surface area contributed by atoms with Gasteiger partial charge in [-0.25, -0.2) is 0 Å². The van der Waals surface area contributed by atoms with E-state index in [9.17, 15) is 5.11 Å². The summed E-state index contributed by atoms with van der Waals surface area (Å²) in [5.41, 5.74) is 1.07. The minimum Gasteiger partial charge on any atom is -0.491 e. The Bertz CT molecular complexity index is 529. The molecule has 2 aromatic rings. The van der Waals surface area contributed by atoms with Gasteiger partial charge in [-0.05, 0) is 39.0 Å². The van der Waals surface area contributed by atoms with Crippen molar-refractivity contribution < 1.29 is 9.84 Å². The van der Waals surface area contributed by atoms with Crippen LogP contribution in [0.5, 0.6) is 5.75 Å². The van der Waals surface area contributed by atoms with Gasteiger partial charge >= 0.3 is 0 Å². The molecular formula is C14H17NO2. The van der Waals surface area contributed by atoms with Crippen LogP contribution in [0.15, 0.2) is 30.3 Å². The fourth-order valence-corrected chi connectivity index (χ4v) is 1.55. The zero-order chi connectivity index (χ0) is 12.5. The van der Waals surface area contributed by atoms with E-state index in [-0.39, 0.29) is 6.61 Å². The molecule has 1 aromatic carbocycles. The first-order valence-corrected chi connectivity index (χ1v) is 5.67. The lowest BCUT2D eigenvalue weighted by Gasteiger charge is -2.17. The van der Waals surface area contributed by atoms with Gasteiger partial charge in [-0.1, -0.05) is 6.07 Å². The molecule has 0 radical (unpaired) electrons. The van der Waals surface area contributed by atoms with E-state index in [0.29, 0.717) is 0 Å². The monoisotopic (exact) mass is 231 g/mol. The van der Waals surface area contributed by atoms with Gasteiger partial charge in [-0.15, -0.1) is 0 Å². The number of aliphatic hydroxyl groups is 1. The molecule has 3 nitrogen and oxygen atoms in total. The molecule has 17 heavy (non-hydrogen) atoms. The maximum Gasteiger partial charge on any atom is 0.121 e. The first-order chi connectivity index (χ1) is 7.94. The van der Waals surface area contributed by atoms with E-state index in [4.69, 9.17) is 4.74 Å². The van der Waals surface area contributed by atoms with Crippen LogP contribution in [-0.2, 0) is 0 Å². The van der Waals surface area contributed by atoms with E-state index in [1.54, 1.807) is 13.8 Å². The zero-order valence-electron chi connectivity index (χ0n) is 10.4. The normalized spacial score (nSPS) is 11.8. The molecule has 0 spiro atoms. The molecule has 0 saturated heterocycles. The van der Waals surface area contributed by atoms with E-state index < -0.39 is 5.60 Å². The van der Waals surface area contributed by atoms with Crippen LogP contribution < -0.4 is 4.74 Å². The average molecular weight is 231 g/mol. The Morgan fingerprint density at radius 3 is 2.65 bits per heavy atom. The largest absolute Gasteiger partial charge is 0.491 e. The Hall–Kier alpha value is -1.61. The molecule has 0 bridgehead atoms. The molecule has 1 aromatic heterocycles. The fourth-order valence-electron chi connectivity index (χ4n) is 1.55. The van der Waals surface area contributed by atoms with E-state index >= 15 is 0 Å². The quantitative estimate of drug-likeness (QED) is 0.883. The van der Waals surface area contributed by atoms with Crippen molar-refractivity contribution in [3.8, 4) is 5.75 Å². The van der Waals surface area contributed by atoms with Gasteiger partial charge in [0, 0.05) is 17.1 Å². The number of aryl methyl sites for hydroxylation is 1. The summed E-state index contributed by atoms with van der Waals surface area (Å²) >= 11 is 0. The SMILES string of the molecule is Cc1ccc2ccc(OCC(C)(C)O)cc2n1. The van der Waals surface area contributed by atoms with E-state index in [2.05, 4.69) is 4.98 Å². The summed E-state index contributed by atoms with van der Waals surface area (Å²) in [6.45, 7) is 5.67. The first kappa shape index (κ1) is 11.9. The number of rotatable bonds is 3. The highest BCUT2D eigenvalue weighted by molar-refractivity contribution is 5.80. The van der Waals surface area contributed by atoms with Crippen molar-refractivity contribution in [2.24, 2.45) is 0 Å². The number of ether oxygens (including phenoxy) is 1. The predicted octanol–water partition coefficient (Wildman–Crippen LogP) is 2.69. The van der Waals surface area contributed by atoms with Crippen molar-refractivity contribution >= 4 is 10.9 Å². The maximum absolute atomic E-state index is 9.60. The Morgan fingerprint density at radius 2 is 1.94 bits per heavy atom. The highest BCUT2D eigenvalue weighted by Gasteiger charge is 2.13. The van der Waals surface area contributed by atoms with Crippen LogP contribution in [0.25, 0.3) is 10.9 Å². The topological polar surface area (TPSA) is 42.4 Å². The third-order valence-electron chi connectivity index (χ3n) is 2.39. The molecule has 0 fully saturated rings. The number of aromatic nitrogens is 1. The molecule has 0 atom stereocenters. The summed E-state index contributed by atoms with van der Waals surface area (Å²) in [5.74, 6) is 0.734. The van der Waals surface area contributed by atoms with E-state index in [0.717, 1.165) is 22.3 Å². The van der Waals surface area contributed by atoms with Gasteiger partial charge in [0.25, 0.3) is 0 Å². The number of benzene rings is 1. The summed E-state index contributed by atoms with van der Waals surface area (Å²) in [6, 6.07) is 9.79. The molecule has 0 aliphatic carbocycles. The van der Waals surface area contributed by atoms with Gasteiger partial charge in [0.1, 0.15) is 12.4 Å². The highest BCUT2D eigenvalue weighted by atomic mass is 16.5. The predicted molar refractivity (Wildman–Crippen MR) is 68.3 cm³/mol. The summed E-state index contributed by atoms with van der Waals surface area (Å²) in [5, 5.41) is 10.7. The number of pyridine rings is 1. The molecule has 0 unspecified atom stereocenters. The molecule has 3 heteroatoms. The van der Waals surface area contributed by atoms with E-state index in [1.165, 1.54) is 0 Å². The van der Waals surface area contributed by atoms with Gasteiger partial charge in [0.05, 0.1) is 11.1 Å². The molecule has 0 amide bonds. The Morgan fingerprint density at radius 1 is 1.24 bits per heavy atom. The first-order valence-electron chi connectivity index (χ1n) is 5.67. The zero-order valence-corrected chi connectivity index (χ0v) is 10.4. The lowest BCUT2D eigenvalue weighted by Crippen LogP contribution is -2.27. The summed E-state index contributed by atoms with van der Waals surface area (Å²) in [4.78, 5) is 4.44. The summed E-state index contributed by atoms with van der Waals surface area (Å²) in [6.07, 6.45) is 0. The lowest BCUT2D eigenvalue weighted by molar-refractivity contribution is 0.0285. The van der Waals surface area contributed by atoms with Crippen LogP contribution in [0.3, 0.4) is 0 Å². The van der Waals surface area contributed by atoms with Crippen LogP contribution in [0.1, 0.15) is 19.5 Å². The second-order valence-corrected chi connectivity index (χ2v) is 4.91. The summed E-state index contributed by atoms with van der Waals surface area (Å²) < 4.78 is 5.53. The molecule has 2 rings (SSSR count).